The maximum Gasteiger partial charge on any atom is 0.422 e. The number of aryl methyl sites for hydroxylation is 2. The van der Waals surface area contributed by atoms with Crippen molar-refractivity contribution in [3.63, 3.8) is 0 Å². The highest BCUT2D eigenvalue weighted by molar-refractivity contribution is 9.10. The lowest BCUT2D eigenvalue weighted by Gasteiger charge is -2.09. The van der Waals surface area contributed by atoms with Crippen molar-refractivity contribution in [2.24, 2.45) is 0 Å². The largest absolute Gasteiger partial charge is 0.422 e. The predicted octanol–water partition coefficient (Wildman–Crippen LogP) is 2.44. The standard InChI is InChI=1S/C12H12BrNO3/c1-3-4-14-10-7(2)5-8(13)6-9(10)11(15)17-12(14)16/h5-6H,3-4H2,1-2H3. The van der Waals surface area contributed by atoms with E-state index in [0.717, 1.165) is 16.5 Å². The number of fused-ring (bicyclic) bond motifs is 1. The fourth-order valence-electron chi connectivity index (χ4n) is 1.96. The molecule has 0 N–H and O–H groups in total. The molecule has 0 aliphatic carbocycles. The van der Waals surface area contributed by atoms with Gasteiger partial charge in [-0.25, -0.2) is 9.59 Å². The van der Waals surface area contributed by atoms with E-state index in [0.29, 0.717) is 17.4 Å². The van der Waals surface area contributed by atoms with Gasteiger partial charge in [-0.3, -0.25) is 4.57 Å². The number of hydrogen-bond donors (Lipinski definition) is 0. The first-order valence-corrected chi connectivity index (χ1v) is 6.17. The molecule has 1 heterocycles. The van der Waals surface area contributed by atoms with Gasteiger partial charge in [0, 0.05) is 11.0 Å². The third-order valence-corrected chi connectivity index (χ3v) is 3.06. The molecule has 0 atom stereocenters. The molecule has 4 nitrogen and oxygen atoms in total. The fourth-order valence-corrected chi connectivity index (χ4v) is 2.53. The Morgan fingerprint density at radius 1 is 1.35 bits per heavy atom. The quantitative estimate of drug-likeness (QED) is 0.855. The van der Waals surface area contributed by atoms with Crippen LogP contribution in [-0.4, -0.2) is 4.57 Å². The summed E-state index contributed by atoms with van der Waals surface area (Å²) in [4.78, 5) is 23.3. The third-order valence-electron chi connectivity index (χ3n) is 2.60. The predicted molar refractivity (Wildman–Crippen MR) is 69.5 cm³/mol. The number of rotatable bonds is 2. The molecule has 0 spiro atoms. The van der Waals surface area contributed by atoms with Gasteiger partial charge in [-0.15, -0.1) is 0 Å². The summed E-state index contributed by atoms with van der Waals surface area (Å²) < 4.78 is 7.03. The van der Waals surface area contributed by atoms with E-state index in [1.807, 2.05) is 19.9 Å². The summed E-state index contributed by atoms with van der Waals surface area (Å²) in [5, 5.41) is 0.435. The molecule has 1 aromatic carbocycles. The lowest BCUT2D eigenvalue weighted by atomic mass is 10.1. The normalized spacial score (nSPS) is 11.0. The Hall–Kier alpha value is -1.36. The zero-order valence-corrected chi connectivity index (χ0v) is 11.2. The zero-order valence-electron chi connectivity index (χ0n) is 9.62. The van der Waals surface area contributed by atoms with E-state index >= 15 is 0 Å². The van der Waals surface area contributed by atoms with Crippen LogP contribution in [0, 0.1) is 6.92 Å². The van der Waals surface area contributed by atoms with Crippen LogP contribution in [0.3, 0.4) is 0 Å². The van der Waals surface area contributed by atoms with Gasteiger partial charge in [-0.1, -0.05) is 22.9 Å². The molecule has 2 rings (SSSR count). The van der Waals surface area contributed by atoms with Crippen molar-refractivity contribution < 1.29 is 4.42 Å². The van der Waals surface area contributed by atoms with Gasteiger partial charge in [0.05, 0.1) is 10.9 Å². The Bertz CT molecular complexity index is 684. The number of nitrogens with zero attached hydrogens (tertiary/aromatic N) is 1. The van der Waals surface area contributed by atoms with Crippen LogP contribution in [0.15, 0.2) is 30.6 Å². The highest BCUT2D eigenvalue weighted by Gasteiger charge is 2.11. The van der Waals surface area contributed by atoms with Gasteiger partial charge in [-0.2, -0.15) is 0 Å². The molecule has 0 bridgehead atoms. The van der Waals surface area contributed by atoms with Crippen molar-refractivity contribution in [3.05, 3.63) is 43.1 Å². The molecule has 0 radical (unpaired) electrons. The Morgan fingerprint density at radius 3 is 2.71 bits per heavy atom. The van der Waals surface area contributed by atoms with Crippen molar-refractivity contribution in [2.75, 3.05) is 0 Å². The second kappa shape index (κ2) is 4.49. The summed E-state index contributed by atoms with van der Waals surface area (Å²) in [6.45, 7) is 4.39. The minimum atomic E-state index is -0.588. The second-order valence-electron chi connectivity index (χ2n) is 3.93. The Kier molecular flexibility index (Phi) is 3.19. The van der Waals surface area contributed by atoms with Crippen LogP contribution in [-0.2, 0) is 6.54 Å². The summed E-state index contributed by atoms with van der Waals surface area (Å²) >= 11 is 3.33. The number of benzene rings is 1. The minimum Gasteiger partial charge on any atom is -0.372 e. The second-order valence-corrected chi connectivity index (χ2v) is 4.84. The van der Waals surface area contributed by atoms with Gasteiger partial charge < -0.3 is 4.42 Å². The molecule has 5 heteroatoms. The van der Waals surface area contributed by atoms with E-state index < -0.39 is 11.4 Å². The first-order valence-electron chi connectivity index (χ1n) is 5.38. The summed E-state index contributed by atoms with van der Waals surface area (Å²) in [6.07, 6.45) is 0.804. The molecule has 0 saturated heterocycles. The zero-order chi connectivity index (χ0) is 12.6. The van der Waals surface area contributed by atoms with Crippen LogP contribution in [0.5, 0.6) is 0 Å². The molecular formula is C12H12BrNO3. The van der Waals surface area contributed by atoms with Gasteiger partial charge in [0.1, 0.15) is 0 Å². The Morgan fingerprint density at radius 2 is 2.06 bits per heavy atom. The van der Waals surface area contributed by atoms with Gasteiger partial charge in [0.25, 0.3) is 0 Å². The summed E-state index contributed by atoms with van der Waals surface area (Å²) in [6, 6.07) is 3.56. The first kappa shape index (κ1) is 12.1. The molecule has 0 amide bonds. The SMILES string of the molecule is CCCn1c(=O)oc(=O)c2cc(Br)cc(C)c21. The van der Waals surface area contributed by atoms with E-state index in [1.165, 1.54) is 4.57 Å². The van der Waals surface area contributed by atoms with Crippen LogP contribution in [0.25, 0.3) is 10.9 Å². The maximum atomic E-state index is 11.7. The van der Waals surface area contributed by atoms with Gasteiger partial charge in [0.2, 0.25) is 0 Å². The highest BCUT2D eigenvalue weighted by atomic mass is 79.9. The first-order chi connectivity index (χ1) is 8.04. The topological polar surface area (TPSA) is 52.2 Å². The van der Waals surface area contributed by atoms with Crippen molar-refractivity contribution in [1.82, 2.24) is 4.57 Å². The Labute approximate surface area is 106 Å². The monoisotopic (exact) mass is 297 g/mol. The molecule has 90 valence electrons. The highest BCUT2D eigenvalue weighted by Crippen LogP contribution is 2.20. The molecule has 2 aromatic rings. The van der Waals surface area contributed by atoms with E-state index in [2.05, 4.69) is 15.9 Å². The van der Waals surface area contributed by atoms with Crippen LogP contribution in [0.1, 0.15) is 18.9 Å². The molecule has 0 aliphatic rings. The molecule has 0 aliphatic heterocycles. The lowest BCUT2D eigenvalue weighted by molar-refractivity contribution is 0.414. The van der Waals surface area contributed by atoms with Crippen LogP contribution in [0.4, 0.5) is 0 Å². The van der Waals surface area contributed by atoms with E-state index in [9.17, 15) is 9.59 Å². The summed E-state index contributed by atoms with van der Waals surface area (Å²) in [5.74, 6) is -0.588. The van der Waals surface area contributed by atoms with Gasteiger partial charge in [0.15, 0.2) is 0 Å². The number of halogens is 1. The smallest absolute Gasteiger partial charge is 0.372 e. The van der Waals surface area contributed by atoms with E-state index in [-0.39, 0.29) is 0 Å². The van der Waals surface area contributed by atoms with Crippen molar-refractivity contribution in [1.29, 1.82) is 0 Å². The van der Waals surface area contributed by atoms with Crippen LogP contribution < -0.4 is 11.4 Å². The fraction of sp³-hybridized carbons (Fsp3) is 0.333. The number of hydrogen-bond acceptors (Lipinski definition) is 3. The molecule has 1 aromatic heterocycles. The Balaban J connectivity index is 3.00. The van der Waals surface area contributed by atoms with Crippen molar-refractivity contribution in [2.45, 2.75) is 26.8 Å². The van der Waals surface area contributed by atoms with Crippen LogP contribution >= 0.6 is 15.9 Å². The summed E-state index contributed by atoms with van der Waals surface area (Å²) in [7, 11) is 0. The van der Waals surface area contributed by atoms with Gasteiger partial charge >= 0.3 is 11.4 Å². The molecule has 17 heavy (non-hydrogen) atoms. The molecule has 0 unspecified atom stereocenters. The van der Waals surface area contributed by atoms with Crippen molar-refractivity contribution in [3.8, 4) is 0 Å². The van der Waals surface area contributed by atoms with E-state index in [4.69, 9.17) is 4.42 Å². The summed E-state index contributed by atoms with van der Waals surface area (Å²) in [5.41, 5.74) is 0.964. The van der Waals surface area contributed by atoms with Crippen LogP contribution in [0.2, 0.25) is 0 Å². The average Bonchev–Trinajstić information content (AvgIpc) is 2.24. The van der Waals surface area contributed by atoms with Crippen molar-refractivity contribution >= 4 is 26.8 Å². The molecule has 0 saturated carbocycles. The third kappa shape index (κ3) is 2.07. The number of aromatic nitrogens is 1. The van der Waals surface area contributed by atoms with Gasteiger partial charge in [-0.05, 0) is 31.0 Å². The molecule has 0 fully saturated rings. The minimum absolute atomic E-state index is 0.435. The lowest BCUT2D eigenvalue weighted by Crippen LogP contribution is -2.25. The van der Waals surface area contributed by atoms with E-state index in [1.54, 1.807) is 6.07 Å². The molecular weight excluding hydrogens is 286 g/mol. The maximum absolute atomic E-state index is 11.7. The average molecular weight is 298 g/mol.